The largest absolute Gasteiger partial charge is 0.497 e. The number of amides is 1. The molecule has 4 nitrogen and oxygen atoms in total. The fourth-order valence-electron chi connectivity index (χ4n) is 2.59. The molecule has 0 bridgehead atoms. The van der Waals surface area contributed by atoms with Crippen LogP contribution in [0.4, 0.5) is 0 Å². The maximum atomic E-state index is 12.2. The molecule has 0 radical (unpaired) electrons. The molecular formula is C21H27NO3. The van der Waals surface area contributed by atoms with E-state index in [2.05, 4.69) is 12.2 Å². The van der Waals surface area contributed by atoms with Gasteiger partial charge in [-0.25, -0.2) is 0 Å². The van der Waals surface area contributed by atoms with E-state index in [9.17, 15) is 4.79 Å². The van der Waals surface area contributed by atoms with Crippen molar-refractivity contribution < 1.29 is 14.3 Å². The van der Waals surface area contributed by atoms with Gasteiger partial charge in [-0.3, -0.25) is 4.79 Å². The van der Waals surface area contributed by atoms with Crippen molar-refractivity contribution in [3.05, 3.63) is 59.7 Å². The van der Waals surface area contributed by atoms with Gasteiger partial charge in [-0.2, -0.15) is 0 Å². The van der Waals surface area contributed by atoms with Crippen molar-refractivity contribution in [3.63, 3.8) is 0 Å². The smallest absolute Gasteiger partial charge is 0.260 e. The number of methoxy groups -OCH3 is 1. The van der Waals surface area contributed by atoms with E-state index in [0.29, 0.717) is 6.54 Å². The van der Waals surface area contributed by atoms with Gasteiger partial charge in [0.25, 0.3) is 5.91 Å². The van der Waals surface area contributed by atoms with E-state index in [1.165, 1.54) is 5.56 Å². The third-order valence-corrected chi connectivity index (χ3v) is 4.13. The average molecular weight is 341 g/mol. The first-order valence-electron chi connectivity index (χ1n) is 8.79. The number of ether oxygens (including phenoxy) is 2. The monoisotopic (exact) mass is 341 g/mol. The number of hydrogen-bond acceptors (Lipinski definition) is 3. The third kappa shape index (κ3) is 5.82. The van der Waals surface area contributed by atoms with Crippen LogP contribution in [0.25, 0.3) is 0 Å². The Morgan fingerprint density at radius 3 is 2.52 bits per heavy atom. The Balaban J connectivity index is 1.73. The molecule has 2 aromatic carbocycles. The van der Waals surface area contributed by atoms with Crippen molar-refractivity contribution >= 4 is 5.91 Å². The van der Waals surface area contributed by atoms with Crippen LogP contribution in [-0.2, 0) is 17.6 Å². The van der Waals surface area contributed by atoms with Gasteiger partial charge in [0.05, 0.1) is 7.11 Å². The predicted molar refractivity (Wildman–Crippen MR) is 100 cm³/mol. The molecule has 2 rings (SSSR count). The number of carbonyl (C=O) groups excluding carboxylic acids is 1. The Labute approximate surface area is 150 Å². The summed E-state index contributed by atoms with van der Waals surface area (Å²) in [7, 11) is 1.66. The summed E-state index contributed by atoms with van der Waals surface area (Å²) in [6.45, 7) is 4.49. The number of para-hydroxylation sites is 1. The minimum atomic E-state index is -0.506. The van der Waals surface area contributed by atoms with Crippen molar-refractivity contribution in [2.75, 3.05) is 13.7 Å². The molecule has 1 atom stereocenters. The summed E-state index contributed by atoms with van der Waals surface area (Å²) < 4.78 is 11.0. The molecule has 0 aliphatic heterocycles. The molecule has 1 N–H and O–H groups in total. The van der Waals surface area contributed by atoms with E-state index in [4.69, 9.17) is 9.47 Å². The summed E-state index contributed by atoms with van der Waals surface area (Å²) in [5.74, 6) is 1.56. The summed E-state index contributed by atoms with van der Waals surface area (Å²) in [6.07, 6.45) is 2.18. The number of aryl methyl sites for hydroxylation is 2. The predicted octanol–water partition coefficient (Wildman–Crippen LogP) is 3.77. The lowest BCUT2D eigenvalue weighted by atomic mass is 10.1. The van der Waals surface area contributed by atoms with Gasteiger partial charge in [0.15, 0.2) is 6.10 Å². The standard InChI is InChI=1S/C21H27NO3/c1-4-18-9-5-6-10-20(18)25-16(2)21(23)22-15-7-8-17-11-13-19(24-3)14-12-17/h5-6,9-14,16H,4,7-8,15H2,1-3H3,(H,22,23). The van der Waals surface area contributed by atoms with Gasteiger partial charge >= 0.3 is 0 Å². The van der Waals surface area contributed by atoms with E-state index < -0.39 is 6.10 Å². The normalized spacial score (nSPS) is 11.6. The Morgan fingerprint density at radius 2 is 1.84 bits per heavy atom. The minimum Gasteiger partial charge on any atom is -0.497 e. The van der Waals surface area contributed by atoms with E-state index in [-0.39, 0.29) is 5.91 Å². The van der Waals surface area contributed by atoms with E-state index >= 15 is 0 Å². The number of hydrogen-bond donors (Lipinski definition) is 1. The fourth-order valence-corrected chi connectivity index (χ4v) is 2.59. The summed E-state index contributed by atoms with van der Waals surface area (Å²) in [5, 5.41) is 2.94. The van der Waals surface area contributed by atoms with Gasteiger partial charge in [0, 0.05) is 6.54 Å². The highest BCUT2D eigenvalue weighted by Crippen LogP contribution is 2.19. The average Bonchev–Trinajstić information content (AvgIpc) is 2.65. The Bertz CT molecular complexity index is 667. The summed E-state index contributed by atoms with van der Waals surface area (Å²) in [6, 6.07) is 15.8. The highest BCUT2D eigenvalue weighted by atomic mass is 16.5. The molecule has 0 saturated heterocycles. The highest BCUT2D eigenvalue weighted by Gasteiger charge is 2.15. The van der Waals surface area contributed by atoms with Crippen LogP contribution >= 0.6 is 0 Å². The van der Waals surface area contributed by atoms with Crippen molar-refractivity contribution in [2.24, 2.45) is 0 Å². The maximum Gasteiger partial charge on any atom is 0.260 e. The summed E-state index contributed by atoms with van der Waals surface area (Å²) >= 11 is 0. The molecule has 0 saturated carbocycles. The van der Waals surface area contributed by atoms with Crippen LogP contribution < -0.4 is 14.8 Å². The SMILES string of the molecule is CCc1ccccc1OC(C)C(=O)NCCCc1ccc(OC)cc1. The van der Waals surface area contributed by atoms with E-state index in [0.717, 1.165) is 36.3 Å². The molecule has 1 amide bonds. The van der Waals surface area contributed by atoms with Crippen LogP contribution in [0, 0.1) is 0 Å². The first kappa shape index (κ1) is 18.8. The summed E-state index contributed by atoms with van der Waals surface area (Å²) in [4.78, 5) is 12.2. The number of carbonyl (C=O) groups is 1. The molecule has 0 fully saturated rings. The Kier molecular flexibility index (Phi) is 7.33. The van der Waals surface area contributed by atoms with E-state index in [1.54, 1.807) is 14.0 Å². The zero-order valence-electron chi connectivity index (χ0n) is 15.2. The van der Waals surface area contributed by atoms with E-state index in [1.807, 2.05) is 48.5 Å². The zero-order chi connectivity index (χ0) is 18.1. The molecule has 0 heterocycles. The Morgan fingerprint density at radius 1 is 1.12 bits per heavy atom. The second-order valence-electron chi connectivity index (χ2n) is 5.96. The van der Waals surface area contributed by atoms with Gasteiger partial charge in [0.2, 0.25) is 0 Å². The van der Waals surface area contributed by atoms with Gasteiger partial charge in [-0.15, -0.1) is 0 Å². The fraction of sp³-hybridized carbons (Fsp3) is 0.381. The lowest BCUT2D eigenvalue weighted by Crippen LogP contribution is -2.37. The molecule has 0 aliphatic carbocycles. The Hall–Kier alpha value is -2.49. The molecule has 0 aliphatic rings. The number of rotatable bonds is 9. The second-order valence-corrected chi connectivity index (χ2v) is 5.96. The van der Waals surface area contributed by atoms with Crippen molar-refractivity contribution in [1.82, 2.24) is 5.32 Å². The molecule has 0 aromatic heterocycles. The van der Waals surface area contributed by atoms with Crippen molar-refractivity contribution in [1.29, 1.82) is 0 Å². The zero-order valence-corrected chi connectivity index (χ0v) is 15.2. The second kappa shape index (κ2) is 9.72. The topological polar surface area (TPSA) is 47.6 Å². The summed E-state index contributed by atoms with van der Waals surface area (Å²) in [5.41, 5.74) is 2.35. The van der Waals surface area contributed by atoms with Crippen LogP contribution in [0.5, 0.6) is 11.5 Å². The third-order valence-electron chi connectivity index (χ3n) is 4.13. The molecular weight excluding hydrogens is 314 g/mol. The van der Waals surface area contributed by atoms with Gasteiger partial charge in [-0.1, -0.05) is 37.3 Å². The van der Waals surface area contributed by atoms with Crippen molar-refractivity contribution in [3.8, 4) is 11.5 Å². The molecule has 1 unspecified atom stereocenters. The maximum absolute atomic E-state index is 12.2. The first-order chi connectivity index (χ1) is 12.1. The van der Waals surface area contributed by atoms with Crippen molar-refractivity contribution in [2.45, 2.75) is 39.2 Å². The lowest BCUT2D eigenvalue weighted by Gasteiger charge is -2.16. The number of nitrogens with one attached hydrogen (secondary N) is 1. The number of benzene rings is 2. The van der Waals surface area contributed by atoms with Crippen LogP contribution in [0.1, 0.15) is 31.4 Å². The van der Waals surface area contributed by atoms with Crippen LogP contribution in [-0.4, -0.2) is 25.7 Å². The van der Waals surface area contributed by atoms with Gasteiger partial charge < -0.3 is 14.8 Å². The molecule has 4 heteroatoms. The van der Waals surface area contributed by atoms with Gasteiger partial charge in [0.1, 0.15) is 11.5 Å². The lowest BCUT2D eigenvalue weighted by molar-refractivity contribution is -0.127. The first-order valence-corrected chi connectivity index (χ1v) is 8.79. The molecule has 25 heavy (non-hydrogen) atoms. The van der Waals surface area contributed by atoms with Gasteiger partial charge in [-0.05, 0) is 55.5 Å². The molecule has 134 valence electrons. The molecule has 0 spiro atoms. The van der Waals surface area contributed by atoms with Crippen LogP contribution in [0.3, 0.4) is 0 Å². The highest BCUT2D eigenvalue weighted by molar-refractivity contribution is 5.80. The molecule has 2 aromatic rings. The van der Waals surface area contributed by atoms with Crippen LogP contribution in [0.15, 0.2) is 48.5 Å². The van der Waals surface area contributed by atoms with Crippen LogP contribution in [0.2, 0.25) is 0 Å². The quantitative estimate of drug-likeness (QED) is 0.706. The minimum absolute atomic E-state index is 0.0827.